The van der Waals surface area contributed by atoms with Crippen LogP contribution in [-0.2, 0) is 9.59 Å². The number of hydrogen-bond donors (Lipinski definition) is 3. The summed E-state index contributed by atoms with van der Waals surface area (Å²) in [7, 11) is 0. The molecule has 0 spiro atoms. The molecule has 7 nitrogen and oxygen atoms in total. The molecule has 120 valence electrons. The molecule has 1 aliphatic carbocycles. The zero-order valence-electron chi connectivity index (χ0n) is 12.5. The maximum Gasteiger partial charge on any atom is 0.318 e. The van der Waals surface area contributed by atoms with Crippen LogP contribution < -0.4 is 11.1 Å². The molecule has 0 aromatic carbocycles. The van der Waals surface area contributed by atoms with Crippen molar-refractivity contribution in [2.75, 3.05) is 6.54 Å². The number of primary amides is 1. The van der Waals surface area contributed by atoms with Crippen LogP contribution in [0, 0.1) is 0 Å². The molecule has 0 aromatic heterocycles. The lowest BCUT2D eigenvalue weighted by atomic mass is 10.1. The van der Waals surface area contributed by atoms with E-state index in [4.69, 9.17) is 10.8 Å². The third kappa shape index (κ3) is 6.46. The highest BCUT2D eigenvalue weighted by Crippen LogP contribution is 2.23. The molecule has 3 amide bonds. The number of nitrogens with one attached hydrogen (secondary N) is 1. The monoisotopic (exact) mass is 299 g/mol. The first kappa shape index (κ1) is 17.3. The predicted octanol–water partition coefficient (Wildman–Crippen LogP) is 1.07. The maximum absolute atomic E-state index is 12.3. The Labute approximate surface area is 124 Å². The van der Waals surface area contributed by atoms with Crippen LogP contribution in [0.2, 0.25) is 0 Å². The van der Waals surface area contributed by atoms with Crippen molar-refractivity contribution in [2.24, 2.45) is 5.73 Å². The maximum atomic E-state index is 12.3. The van der Waals surface area contributed by atoms with E-state index in [1.54, 1.807) is 0 Å². The summed E-state index contributed by atoms with van der Waals surface area (Å²) in [6.07, 6.45) is 5.10. The Morgan fingerprint density at radius 1 is 1.33 bits per heavy atom. The number of nitrogens with two attached hydrogens (primary N) is 1. The van der Waals surface area contributed by atoms with E-state index < -0.39 is 11.9 Å². The van der Waals surface area contributed by atoms with Gasteiger partial charge in [-0.2, -0.15) is 0 Å². The molecule has 0 saturated heterocycles. The Bertz CT molecular complexity index is 380. The molecule has 0 aliphatic heterocycles. The summed E-state index contributed by atoms with van der Waals surface area (Å²) >= 11 is 0. The van der Waals surface area contributed by atoms with Gasteiger partial charge in [-0.25, -0.2) is 4.79 Å². The van der Waals surface area contributed by atoms with Crippen LogP contribution in [0.25, 0.3) is 0 Å². The molecular weight excluding hydrogens is 274 g/mol. The summed E-state index contributed by atoms with van der Waals surface area (Å²) in [5.41, 5.74) is 5.22. The zero-order chi connectivity index (χ0) is 15.8. The largest absolute Gasteiger partial charge is 0.481 e. The molecule has 0 radical (unpaired) electrons. The number of carbonyl (C=O) groups excluding carboxylic acids is 2. The Hall–Kier alpha value is -1.79. The van der Waals surface area contributed by atoms with E-state index in [9.17, 15) is 14.4 Å². The lowest BCUT2D eigenvalue weighted by molar-refractivity contribution is -0.137. The van der Waals surface area contributed by atoms with Gasteiger partial charge in [-0.15, -0.1) is 0 Å². The van der Waals surface area contributed by atoms with Crippen molar-refractivity contribution in [3.8, 4) is 0 Å². The molecule has 1 aliphatic rings. The van der Waals surface area contributed by atoms with E-state index in [1.165, 1.54) is 4.90 Å². The molecule has 1 saturated carbocycles. The topological polar surface area (TPSA) is 113 Å². The second-order valence-corrected chi connectivity index (χ2v) is 5.67. The zero-order valence-corrected chi connectivity index (χ0v) is 12.5. The van der Waals surface area contributed by atoms with Gasteiger partial charge in [0.1, 0.15) is 6.54 Å². The molecule has 1 fully saturated rings. The third-order valence-electron chi connectivity index (χ3n) is 3.75. The van der Waals surface area contributed by atoms with Crippen LogP contribution in [-0.4, -0.2) is 46.5 Å². The summed E-state index contributed by atoms with van der Waals surface area (Å²) < 4.78 is 0. The fourth-order valence-electron chi connectivity index (χ4n) is 2.68. The average molecular weight is 299 g/mol. The van der Waals surface area contributed by atoms with E-state index in [-0.39, 0.29) is 31.1 Å². The number of urea groups is 1. The van der Waals surface area contributed by atoms with Crippen LogP contribution >= 0.6 is 0 Å². The third-order valence-corrected chi connectivity index (χ3v) is 3.75. The molecule has 1 rings (SSSR count). The summed E-state index contributed by atoms with van der Waals surface area (Å²) in [6.45, 7) is 1.76. The first-order valence-corrected chi connectivity index (χ1v) is 7.47. The molecule has 7 heteroatoms. The molecule has 1 atom stereocenters. The smallest absolute Gasteiger partial charge is 0.318 e. The minimum atomic E-state index is -0.838. The van der Waals surface area contributed by atoms with Crippen LogP contribution in [0.3, 0.4) is 0 Å². The predicted molar refractivity (Wildman–Crippen MR) is 77.6 cm³/mol. The Balaban J connectivity index is 2.47. The number of carbonyl (C=O) groups is 3. The van der Waals surface area contributed by atoms with E-state index in [2.05, 4.69) is 5.32 Å². The van der Waals surface area contributed by atoms with Crippen molar-refractivity contribution >= 4 is 17.9 Å². The first-order chi connectivity index (χ1) is 9.90. The van der Waals surface area contributed by atoms with Gasteiger partial charge in [0.15, 0.2) is 0 Å². The highest BCUT2D eigenvalue weighted by molar-refractivity contribution is 5.83. The van der Waals surface area contributed by atoms with Gasteiger partial charge in [0.25, 0.3) is 0 Å². The number of carboxylic acids is 1. The summed E-state index contributed by atoms with van der Waals surface area (Å²) in [4.78, 5) is 35.4. The van der Waals surface area contributed by atoms with Crippen LogP contribution in [0.4, 0.5) is 4.79 Å². The van der Waals surface area contributed by atoms with Crippen LogP contribution in [0.15, 0.2) is 0 Å². The number of carboxylic acid groups (broad SMARTS) is 1. The van der Waals surface area contributed by atoms with Crippen molar-refractivity contribution in [3.63, 3.8) is 0 Å². The highest BCUT2D eigenvalue weighted by Gasteiger charge is 2.28. The standard InChI is InChI=1S/C14H25N3O4/c1-10(5-4-8-13(19)20)16-14(21)17(9-12(15)18)11-6-2-3-7-11/h10-11H,2-9H2,1H3,(H2,15,18)(H,16,21)(H,19,20). The van der Waals surface area contributed by atoms with Crippen molar-refractivity contribution in [3.05, 3.63) is 0 Å². The minimum Gasteiger partial charge on any atom is -0.481 e. The highest BCUT2D eigenvalue weighted by atomic mass is 16.4. The molecule has 0 heterocycles. The molecule has 21 heavy (non-hydrogen) atoms. The Kier molecular flexibility index (Phi) is 6.98. The summed E-state index contributed by atoms with van der Waals surface area (Å²) in [5.74, 6) is -1.36. The first-order valence-electron chi connectivity index (χ1n) is 7.47. The second kappa shape index (κ2) is 8.49. The number of aliphatic carboxylic acids is 1. The van der Waals surface area contributed by atoms with Gasteiger partial charge in [-0.05, 0) is 32.6 Å². The lowest BCUT2D eigenvalue weighted by Gasteiger charge is -2.29. The van der Waals surface area contributed by atoms with E-state index in [0.717, 1.165) is 25.7 Å². The van der Waals surface area contributed by atoms with Crippen molar-refractivity contribution < 1.29 is 19.5 Å². The average Bonchev–Trinajstić information content (AvgIpc) is 2.88. The number of rotatable bonds is 8. The van der Waals surface area contributed by atoms with Gasteiger partial charge in [0.2, 0.25) is 5.91 Å². The fraction of sp³-hybridized carbons (Fsp3) is 0.786. The molecular formula is C14H25N3O4. The van der Waals surface area contributed by atoms with Gasteiger partial charge >= 0.3 is 12.0 Å². The Morgan fingerprint density at radius 3 is 2.48 bits per heavy atom. The summed E-state index contributed by atoms with van der Waals surface area (Å²) in [6, 6.07) is -0.346. The van der Waals surface area contributed by atoms with Gasteiger partial charge in [-0.3, -0.25) is 9.59 Å². The SMILES string of the molecule is CC(CCCC(=O)O)NC(=O)N(CC(N)=O)C1CCCC1. The number of hydrogen-bond acceptors (Lipinski definition) is 3. The van der Waals surface area contributed by atoms with Gasteiger partial charge in [0, 0.05) is 18.5 Å². The second-order valence-electron chi connectivity index (χ2n) is 5.67. The molecule has 0 bridgehead atoms. The van der Waals surface area contributed by atoms with Gasteiger partial charge in [-0.1, -0.05) is 12.8 Å². The number of nitrogens with zero attached hydrogens (tertiary/aromatic N) is 1. The summed E-state index contributed by atoms with van der Waals surface area (Å²) in [5, 5.41) is 11.4. The molecule has 0 aromatic rings. The molecule has 1 unspecified atom stereocenters. The van der Waals surface area contributed by atoms with Crippen molar-refractivity contribution in [1.29, 1.82) is 0 Å². The van der Waals surface area contributed by atoms with E-state index >= 15 is 0 Å². The van der Waals surface area contributed by atoms with Crippen LogP contribution in [0.1, 0.15) is 51.9 Å². The van der Waals surface area contributed by atoms with Gasteiger partial charge in [0.05, 0.1) is 0 Å². The molecule has 4 N–H and O–H groups in total. The lowest BCUT2D eigenvalue weighted by Crippen LogP contribution is -2.50. The van der Waals surface area contributed by atoms with Gasteiger partial charge < -0.3 is 21.1 Å². The minimum absolute atomic E-state index is 0.0711. The van der Waals surface area contributed by atoms with Crippen molar-refractivity contribution in [1.82, 2.24) is 10.2 Å². The van der Waals surface area contributed by atoms with Crippen molar-refractivity contribution in [2.45, 2.75) is 64.0 Å². The van der Waals surface area contributed by atoms with E-state index in [0.29, 0.717) is 12.8 Å². The van der Waals surface area contributed by atoms with Crippen LogP contribution in [0.5, 0.6) is 0 Å². The quantitative estimate of drug-likeness (QED) is 0.622. The normalized spacial score (nSPS) is 16.4. The Morgan fingerprint density at radius 2 is 1.95 bits per heavy atom. The fourth-order valence-corrected chi connectivity index (χ4v) is 2.68. The number of amides is 3. The van der Waals surface area contributed by atoms with E-state index in [1.807, 2.05) is 6.92 Å².